The van der Waals surface area contributed by atoms with Crippen LogP contribution in [0.25, 0.3) is 0 Å². The highest BCUT2D eigenvalue weighted by molar-refractivity contribution is 5.80. The lowest BCUT2D eigenvalue weighted by Gasteiger charge is -2.38. The van der Waals surface area contributed by atoms with Gasteiger partial charge in [-0.05, 0) is 19.3 Å². The van der Waals surface area contributed by atoms with Gasteiger partial charge in [-0.2, -0.15) is 0 Å². The maximum absolute atomic E-state index is 4.88. The van der Waals surface area contributed by atoms with E-state index in [1.807, 2.05) is 13.1 Å². The molecule has 20 heavy (non-hydrogen) atoms. The van der Waals surface area contributed by atoms with Crippen molar-refractivity contribution in [2.75, 3.05) is 33.2 Å². The Bertz CT molecular complexity index is 432. The smallest absolute Gasteiger partial charge is 0.193 e. The van der Waals surface area contributed by atoms with Gasteiger partial charge in [-0.3, -0.25) is 9.89 Å². The first kappa shape index (κ1) is 13.4. The molecule has 1 saturated heterocycles. The van der Waals surface area contributed by atoms with E-state index < -0.39 is 0 Å². The van der Waals surface area contributed by atoms with E-state index in [1.54, 1.807) is 6.26 Å². The quantitative estimate of drug-likeness (QED) is 0.658. The highest BCUT2D eigenvalue weighted by atomic mass is 16.5. The number of aromatic nitrogens is 1. The van der Waals surface area contributed by atoms with Crippen LogP contribution in [0.2, 0.25) is 0 Å². The Hall–Kier alpha value is -1.56. The molecule has 0 atom stereocenters. The monoisotopic (exact) mass is 277 g/mol. The summed E-state index contributed by atoms with van der Waals surface area (Å²) in [5.41, 5.74) is 1.01. The fraction of sp³-hybridized carbons (Fsp3) is 0.714. The van der Waals surface area contributed by atoms with Gasteiger partial charge in [0.25, 0.3) is 0 Å². The van der Waals surface area contributed by atoms with Crippen LogP contribution in [-0.4, -0.2) is 60.2 Å². The Morgan fingerprint density at radius 3 is 2.75 bits per heavy atom. The van der Waals surface area contributed by atoms with Gasteiger partial charge in [0.1, 0.15) is 6.26 Å². The largest absolute Gasteiger partial charge is 0.364 e. The van der Waals surface area contributed by atoms with E-state index in [-0.39, 0.29) is 0 Å². The third-order valence-electron chi connectivity index (χ3n) is 4.20. The predicted octanol–water partition coefficient (Wildman–Crippen LogP) is 0.920. The van der Waals surface area contributed by atoms with Crippen LogP contribution < -0.4 is 5.32 Å². The molecule has 2 heterocycles. The Morgan fingerprint density at radius 1 is 1.40 bits per heavy atom. The fourth-order valence-electron chi connectivity index (χ4n) is 2.70. The summed E-state index contributed by atoms with van der Waals surface area (Å²) >= 11 is 0. The van der Waals surface area contributed by atoms with Gasteiger partial charge in [-0.25, -0.2) is 0 Å². The number of rotatable bonds is 3. The molecule has 0 aromatic carbocycles. The number of nitrogens with one attached hydrogen (secondary N) is 1. The molecule has 1 N–H and O–H groups in total. The molecule has 1 aliphatic carbocycles. The van der Waals surface area contributed by atoms with Gasteiger partial charge in [-0.15, -0.1) is 0 Å². The van der Waals surface area contributed by atoms with E-state index >= 15 is 0 Å². The lowest BCUT2D eigenvalue weighted by molar-refractivity contribution is 0.167. The van der Waals surface area contributed by atoms with Crippen molar-refractivity contribution in [2.24, 2.45) is 4.99 Å². The van der Waals surface area contributed by atoms with Crippen molar-refractivity contribution in [1.82, 2.24) is 20.3 Å². The van der Waals surface area contributed by atoms with Gasteiger partial charge in [0.15, 0.2) is 5.96 Å². The van der Waals surface area contributed by atoms with Crippen molar-refractivity contribution in [1.29, 1.82) is 0 Å². The molecule has 1 saturated carbocycles. The topological polar surface area (TPSA) is 56.9 Å². The molecule has 0 amide bonds. The zero-order valence-electron chi connectivity index (χ0n) is 12.1. The lowest BCUT2D eigenvalue weighted by Crippen LogP contribution is -2.54. The normalized spacial score (nSPS) is 21.9. The second-order valence-electron chi connectivity index (χ2n) is 5.57. The first-order chi connectivity index (χ1) is 9.85. The highest BCUT2D eigenvalue weighted by Gasteiger charge is 2.24. The molecule has 0 unspecified atom stereocenters. The van der Waals surface area contributed by atoms with Crippen LogP contribution in [0, 0.1) is 0 Å². The van der Waals surface area contributed by atoms with Gasteiger partial charge in [0, 0.05) is 51.9 Å². The zero-order valence-corrected chi connectivity index (χ0v) is 12.1. The Morgan fingerprint density at radius 2 is 2.20 bits per heavy atom. The van der Waals surface area contributed by atoms with Crippen LogP contribution >= 0.6 is 0 Å². The van der Waals surface area contributed by atoms with E-state index in [2.05, 4.69) is 25.3 Å². The highest BCUT2D eigenvalue weighted by Crippen LogP contribution is 2.18. The van der Waals surface area contributed by atoms with Gasteiger partial charge in [0.2, 0.25) is 0 Å². The third-order valence-corrected chi connectivity index (χ3v) is 4.20. The van der Waals surface area contributed by atoms with Crippen LogP contribution in [0.5, 0.6) is 0 Å². The van der Waals surface area contributed by atoms with E-state index in [1.165, 1.54) is 19.3 Å². The Balaban J connectivity index is 1.47. The molecule has 3 rings (SSSR count). The van der Waals surface area contributed by atoms with Crippen molar-refractivity contribution < 1.29 is 4.52 Å². The van der Waals surface area contributed by atoms with Crippen LogP contribution in [0.3, 0.4) is 0 Å². The van der Waals surface area contributed by atoms with E-state index in [0.717, 1.165) is 44.4 Å². The maximum Gasteiger partial charge on any atom is 0.193 e. The summed E-state index contributed by atoms with van der Waals surface area (Å²) in [5.74, 6) is 1.07. The first-order valence-electron chi connectivity index (χ1n) is 7.45. The second-order valence-corrected chi connectivity index (χ2v) is 5.57. The predicted molar refractivity (Wildman–Crippen MR) is 77.5 cm³/mol. The van der Waals surface area contributed by atoms with Crippen molar-refractivity contribution in [3.8, 4) is 0 Å². The van der Waals surface area contributed by atoms with Crippen LogP contribution in [0.1, 0.15) is 25.0 Å². The number of hydrogen-bond acceptors (Lipinski definition) is 4. The van der Waals surface area contributed by atoms with E-state index in [4.69, 9.17) is 4.52 Å². The zero-order chi connectivity index (χ0) is 13.8. The number of guanidine groups is 1. The van der Waals surface area contributed by atoms with E-state index in [9.17, 15) is 0 Å². The summed E-state index contributed by atoms with van der Waals surface area (Å²) < 4.78 is 4.88. The molecule has 6 nitrogen and oxygen atoms in total. The summed E-state index contributed by atoms with van der Waals surface area (Å²) in [4.78, 5) is 9.19. The van der Waals surface area contributed by atoms with Gasteiger partial charge in [0.05, 0.1) is 5.69 Å². The molecule has 6 heteroatoms. The standard InChI is InChI=1S/C14H23N5O/c1-15-14(16-12-3-2-4-12)19-8-6-18(7-9-19)11-13-5-10-20-17-13/h5,10,12H,2-4,6-9,11H2,1H3,(H,15,16). The molecule has 1 aromatic rings. The SMILES string of the molecule is CN=C(NC1CCC1)N1CCN(Cc2ccon2)CC1. The van der Waals surface area contributed by atoms with Gasteiger partial charge < -0.3 is 14.7 Å². The third kappa shape index (κ3) is 3.12. The number of hydrogen-bond donors (Lipinski definition) is 1. The number of piperazine rings is 1. The van der Waals surface area contributed by atoms with Crippen molar-refractivity contribution in [3.63, 3.8) is 0 Å². The summed E-state index contributed by atoms with van der Waals surface area (Å²) in [6.07, 6.45) is 5.55. The fourth-order valence-corrected chi connectivity index (χ4v) is 2.70. The molecular weight excluding hydrogens is 254 g/mol. The first-order valence-corrected chi connectivity index (χ1v) is 7.45. The molecule has 2 aliphatic rings. The minimum absolute atomic E-state index is 0.641. The van der Waals surface area contributed by atoms with Gasteiger partial charge >= 0.3 is 0 Å². The maximum atomic E-state index is 4.88. The molecule has 0 bridgehead atoms. The van der Waals surface area contributed by atoms with Gasteiger partial charge in [-0.1, -0.05) is 5.16 Å². The van der Waals surface area contributed by atoms with E-state index in [0.29, 0.717) is 6.04 Å². The summed E-state index contributed by atoms with van der Waals surface area (Å²) in [5, 5.41) is 7.54. The minimum Gasteiger partial charge on any atom is -0.364 e. The summed E-state index contributed by atoms with van der Waals surface area (Å²) in [6, 6.07) is 2.57. The lowest BCUT2D eigenvalue weighted by atomic mass is 9.93. The molecular formula is C14H23N5O. The van der Waals surface area contributed by atoms with Crippen LogP contribution in [-0.2, 0) is 6.54 Å². The van der Waals surface area contributed by atoms with Crippen molar-refractivity contribution in [2.45, 2.75) is 31.8 Å². The molecule has 0 spiro atoms. The average Bonchev–Trinajstić information content (AvgIpc) is 2.92. The molecule has 1 aliphatic heterocycles. The molecule has 110 valence electrons. The van der Waals surface area contributed by atoms with Crippen LogP contribution in [0.4, 0.5) is 0 Å². The van der Waals surface area contributed by atoms with Crippen molar-refractivity contribution >= 4 is 5.96 Å². The summed E-state index contributed by atoms with van der Waals surface area (Å²) in [7, 11) is 1.88. The number of aliphatic imine (C=N–C) groups is 1. The second kappa shape index (κ2) is 6.26. The molecule has 1 aromatic heterocycles. The van der Waals surface area contributed by atoms with Crippen molar-refractivity contribution in [3.05, 3.63) is 18.0 Å². The van der Waals surface area contributed by atoms with Crippen LogP contribution in [0.15, 0.2) is 21.8 Å². The minimum atomic E-state index is 0.641. The molecule has 2 fully saturated rings. The Kier molecular flexibility index (Phi) is 4.20. The average molecular weight is 277 g/mol. The molecule has 0 radical (unpaired) electrons. The Labute approximate surface area is 119 Å². The summed E-state index contributed by atoms with van der Waals surface area (Å²) in [6.45, 7) is 4.99. The number of nitrogens with zero attached hydrogens (tertiary/aromatic N) is 4.